The molecule has 0 atom stereocenters. The van der Waals surface area contributed by atoms with Crippen molar-refractivity contribution in [3.8, 4) is 0 Å². The number of amides is 1. The van der Waals surface area contributed by atoms with Crippen LogP contribution in [0.4, 0.5) is 17.3 Å². The topological polar surface area (TPSA) is 82.7 Å². The fourth-order valence-electron chi connectivity index (χ4n) is 2.80. The van der Waals surface area contributed by atoms with Gasteiger partial charge in [0.05, 0.1) is 17.1 Å². The highest BCUT2D eigenvalue weighted by molar-refractivity contribution is 6.33. The van der Waals surface area contributed by atoms with E-state index in [-0.39, 0.29) is 12.3 Å². The molecule has 0 fully saturated rings. The molecule has 0 aliphatic heterocycles. The lowest BCUT2D eigenvalue weighted by atomic mass is 10.1. The van der Waals surface area contributed by atoms with Gasteiger partial charge in [0.25, 0.3) is 0 Å². The third kappa shape index (κ3) is 3.91. The number of hydrogen-bond donors (Lipinski definition) is 3. The molecule has 0 spiro atoms. The molecule has 6 nitrogen and oxygen atoms in total. The fraction of sp³-hybridized carbons (Fsp3) is 0.0500. The Bertz CT molecular complexity index is 1090. The Kier molecular flexibility index (Phi) is 4.72. The SMILES string of the molecule is O=C(Cc1c[nH]c2ccccc12)Nc1ccc(Nc2ccccc2Cl)nn1. The summed E-state index contributed by atoms with van der Waals surface area (Å²) in [6.45, 7) is 0. The minimum absolute atomic E-state index is 0.152. The summed E-state index contributed by atoms with van der Waals surface area (Å²) >= 11 is 6.11. The number of benzene rings is 2. The second kappa shape index (κ2) is 7.47. The van der Waals surface area contributed by atoms with Crippen molar-refractivity contribution >= 4 is 45.7 Å². The third-order valence-electron chi connectivity index (χ3n) is 4.09. The van der Waals surface area contributed by atoms with E-state index in [4.69, 9.17) is 11.6 Å². The number of carbonyl (C=O) groups is 1. The van der Waals surface area contributed by atoms with Crippen molar-refractivity contribution in [1.29, 1.82) is 0 Å². The van der Waals surface area contributed by atoms with E-state index >= 15 is 0 Å². The number of hydrogen-bond acceptors (Lipinski definition) is 4. The lowest BCUT2D eigenvalue weighted by molar-refractivity contribution is -0.115. The lowest BCUT2D eigenvalue weighted by Crippen LogP contribution is -2.15. The van der Waals surface area contributed by atoms with Crippen molar-refractivity contribution < 1.29 is 4.79 Å². The van der Waals surface area contributed by atoms with Crippen LogP contribution in [0.15, 0.2) is 66.9 Å². The van der Waals surface area contributed by atoms with Gasteiger partial charge in [0.15, 0.2) is 11.6 Å². The highest BCUT2D eigenvalue weighted by Crippen LogP contribution is 2.24. The van der Waals surface area contributed by atoms with Crippen LogP contribution in [0.1, 0.15) is 5.56 Å². The number of carbonyl (C=O) groups excluding carboxylic acids is 1. The van der Waals surface area contributed by atoms with Gasteiger partial charge in [-0.1, -0.05) is 41.9 Å². The van der Waals surface area contributed by atoms with Gasteiger partial charge in [-0.3, -0.25) is 4.79 Å². The molecule has 0 bridgehead atoms. The van der Waals surface area contributed by atoms with E-state index in [1.807, 2.05) is 48.7 Å². The van der Waals surface area contributed by atoms with Crippen LogP contribution < -0.4 is 10.6 Å². The van der Waals surface area contributed by atoms with E-state index in [0.717, 1.165) is 22.2 Å². The molecule has 0 saturated heterocycles. The van der Waals surface area contributed by atoms with Crippen molar-refractivity contribution in [1.82, 2.24) is 15.2 Å². The number of anilines is 3. The van der Waals surface area contributed by atoms with E-state index in [1.165, 1.54) is 0 Å². The first-order valence-electron chi connectivity index (χ1n) is 8.39. The monoisotopic (exact) mass is 377 g/mol. The average Bonchev–Trinajstić information content (AvgIpc) is 3.08. The first kappa shape index (κ1) is 17.1. The second-order valence-corrected chi connectivity index (χ2v) is 6.40. The number of halogens is 1. The molecule has 3 N–H and O–H groups in total. The van der Waals surface area contributed by atoms with Gasteiger partial charge >= 0.3 is 0 Å². The maximum atomic E-state index is 12.3. The predicted molar refractivity (Wildman–Crippen MR) is 107 cm³/mol. The minimum atomic E-state index is -0.152. The zero-order chi connectivity index (χ0) is 18.6. The number of rotatable bonds is 5. The average molecular weight is 378 g/mol. The molecular weight excluding hydrogens is 362 g/mol. The van der Waals surface area contributed by atoms with Gasteiger partial charge in [-0.2, -0.15) is 0 Å². The number of aromatic nitrogens is 3. The summed E-state index contributed by atoms with van der Waals surface area (Å²) in [5.74, 6) is 0.781. The maximum Gasteiger partial charge on any atom is 0.230 e. The van der Waals surface area contributed by atoms with E-state index in [1.54, 1.807) is 18.2 Å². The summed E-state index contributed by atoms with van der Waals surface area (Å²) in [6.07, 6.45) is 2.11. The Morgan fingerprint density at radius 2 is 1.70 bits per heavy atom. The van der Waals surface area contributed by atoms with Crippen LogP contribution in [0.5, 0.6) is 0 Å². The molecule has 4 aromatic rings. The van der Waals surface area contributed by atoms with Gasteiger partial charge in [0.2, 0.25) is 5.91 Å². The summed E-state index contributed by atoms with van der Waals surface area (Å²) in [5, 5.41) is 15.6. The highest BCUT2D eigenvalue weighted by Gasteiger charge is 2.10. The molecular formula is C20H16ClN5O. The molecule has 0 aliphatic rings. The van der Waals surface area contributed by atoms with Gasteiger partial charge < -0.3 is 15.6 Å². The Morgan fingerprint density at radius 3 is 2.52 bits per heavy atom. The first-order chi connectivity index (χ1) is 13.2. The Hall–Kier alpha value is -3.38. The van der Waals surface area contributed by atoms with Crippen LogP contribution in [0.25, 0.3) is 10.9 Å². The first-order valence-corrected chi connectivity index (χ1v) is 8.77. The van der Waals surface area contributed by atoms with Crippen LogP contribution >= 0.6 is 11.6 Å². The molecule has 2 aromatic heterocycles. The number of fused-ring (bicyclic) bond motifs is 1. The number of nitrogens with one attached hydrogen (secondary N) is 3. The molecule has 7 heteroatoms. The standard InChI is InChI=1S/C20H16ClN5O/c21-15-6-2-4-8-17(15)23-18-9-10-19(26-25-18)24-20(27)11-13-12-22-16-7-3-1-5-14(13)16/h1-10,12,22H,11H2,(H,23,25)(H,24,26,27). The van der Waals surface area contributed by atoms with E-state index in [9.17, 15) is 4.79 Å². The maximum absolute atomic E-state index is 12.3. The molecule has 134 valence electrons. The lowest BCUT2D eigenvalue weighted by Gasteiger charge is -2.08. The Labute approximate surface area is 160 Å². The van der Waals surface area contributed by atoms with Crippen LogP contribution in [-0.4, -0.2) is 21.1 Å². The Balaban J connectivity index is 1.41. The highest BCUT2D eigenvalue weighted by atomic mass is 35.5. The largest absolute Gasteiger partial charge is 0.361 e. The van der Waals surface area contributed by atoms with Gasteiger partial charge in [-0.15, -0.1) is 10.2 Å². The van der Waals surface area contributed by atoms with E-state index in [0.29, 0.717) is 16.7 Å². The minimum Gasteiger partial charge on any atom is -0.361 e. The van der Waals surface area contributed by atoms with Gasteiger partial charge in [-0.05, 0) is 35.9 Å². The molecule has 0 aliphatic carbocycles. The van der Waals surface area contributed by atoms with Gasteiger partial charge in [0.1, 0.15) is 0 Å². The smallest absolute Gasteiger partial charge is 0.230 e. The number of aromatic amines is 1. The zero-order valence-electron chi connectivity index (χ0n) is 14.2. The van der Waals surface area contributed by atoms with Crippen LogP contribution in [0.3, 0.4) is 0 Å². The van der Waals surface area contributed by atoms with E-state index in [2.05, 4.69) is 25.8 Å². The molecule has 2 aromatic carbocycles. The molecule has 4 rings (SSSR count). The molecule has 0 saturated carbocycles. The van der Waals surface area contributed by atoms with Crippen molar-refractivity contribution in [3.63, 3.8) is 0 Å². The Morgan fingerprint density at radius 1 is 0.963 bits per heavy atom. The van der Waals surface area contributed by atoms with Crippen LogP contribution in [-0.2, 0) is 11.2 Å². The quantitative estimate of drug-likeness (QED) is 0.477. The fourth-order valence-corrected chi connectivity index (χ4v) is 2.99. The van der Waals surface area contributed by atoms with E-state index < -0.39 is 0 Å². The number of nitrogens with zero attached hydrogens (tertiary/aromatic N) is 2. The van der Waals surface area contributed by atoms with Crippen molar-refractivity contribution in [3.05, 3.63) is 77.4 Å². The summed E-state index contributed by atoms with van der Waals surface area (Å²) in [5.41, 5.74) is 2.69. The van der Waals surface area contributed by atoms with Crippen molar-refractivity contribution in [2.75, 3.05) is 10.6 Å². The molecule has 2 heterocycles. The van der Waals surface area contributed by atoms with Gasteiger partial charge in [-0.25, -0.2) is 0 Å². The molecule has 27 heavy (non-hydrogen) atoms. The summed E-state index contributed by atoms with van der Waals surface area (Å²) in [6, 6.07) is 18.7. The number of para-hydroxylation sites is 2. The van der Waals surface area contributed by atoms with Crippen LogP contribution in [0.2, 0.25) is 5.02 Å². The predicted octanol–water partition coefficient (Wildman–Crippen LogP) is 4.54. The molecule has 0 radical (unpaired) electrons. The normalized spacial score (nSPS) is 10.7. The summed E-state index contributed by atoms with van der Waals surface area (Å²) < 4.78 is 0. The number of H-pyrrole nitrogens is 1. The molecule has 0 unspecified atom stereocenters. The summed E-state index contributed by atoms with van der Waals surface area (Å²) in [4.78, 5) is 15.5. The second-order valence-electron chi connectivity index (χ2n) is 5.99. The van der Waals surface area contributed by atoms with Crippen LogP contribution in [0, 0.1) is 0 Å². The third-order valence-corrected chi connectivity index (χ3v) is 4.42. The summed E-state index contributed by atoms with van der Waals surface area (Å²) in [7, 11) is 0. The van der Waals surface area contributed by atoms with Gasteiger partial charge in [0, 0.05) is 17.1 Å². The zero-order valence-corrected chi connectivity index (χ0v) is 15.0. The molecule has 1 amide bonds. The van der Waals surface area contributed by atoms with Crippen molar-refractivity contribution in [2.45, 2.75) is 6.42 Å². The van der Waals surface area contributed by atoms with Crippen molar-refractivity contribution in [2.24, 2.45) is 0 Å².